The molecule has 0 unspecified atom stereocenters. The minimum Gasteiger partial charge on any atom is -0.455 e. The molecular weight excluding hydrogens is 285 g/mol. The van der Waals surface area contributed by atoms with Gasteiger partial charge >= 0.3 is 0 Å². The Morgan fingerprint density at radius 2 is 1.88 bits per heavy atom. The second kappa shape index (κ2) is 4.98. The summed E-state index contributed by atoms with van der Waals surface area (Å²) in [5.41, 5.74) is 0.406. The van der Waals surface area contributed by atoms with Crippen molar-refractivity contribution < 1.29 is 9.13 Å². The molecule has 2 aromatic rings. The van der Waals surface area contributed by atoms with Crippen LogP contribution in [-0.4, -0.2) is 0 Å². The average Bonchev–Trinajstić information content (AvgIpc) is 2.34. The van der Waals surface area contributed by atoms with Crippen molar-refractivity contribution in [3.05, 3.63) is 58.3 Å². The number of ether oxygens (including phenoxy) is 1. The van der Waals surface area contributed by atoms with Crippen molar-refractivity contribution in [1.82, 2.24) is 0 Å². The van der Waals surface area contributed by atoms with E-state index in [1.807, 2.05) is 6.07 Å². The lowest BCUT2D eigenvalue weighted by Gasteiger charge is -2.08. The van der Waals surface area contributed by atoms with Crippen LogP contribution in [0.15, 0.2) is 46.9 Å². The molecule has 0 heterocycles. The van der Waals surface area contributed by atoms with Gasteiger partial charge in [-0.25, -0.2) is 4.39 Å². The Morgan fingerprint density at radius 3 is 2.65 bits per heavy atom. The lowest BCUT2D eigenvalue weighted by Crippen LogP contribution is -1.89. The van der Waals surface area contributed by atoms with Crippen molar-refractivity contribution in [2.75, 3.05) is 0 Å². The first kappa shape index (κ1) is 11.6. The maximum Gasteiger partial charge on any atom is 0.145 e. The molecule has 2 aromatic carbocycles. The van der Waals surface area contributed by atoms with Crippen LogP contribution in [0.1, 0.15) is 5.56 Å². The zero-order valence-corrected chi connectivity index (χ0v) is 10.2. The molecule has 0 saturated heterocycles. The second-order valence-corrected chi connectivity index (χ2v) is 4.14. The molecule has 0 bridgehead atoms. The van der Waals surface area contributed by atoms with Crippen molar-refractivity contribution in [1.29, 1.82) is 5.26 Å². The third-order valence-electron chi connectivity index (χ3n) is 2.12. The van der Waals surface area contributed by atoms with Crippen molar-refractivity contribution in [3.63, 3.8) is 0 Å². The molecule has 0 radical (unpaired) electrons. The van der Waals surface area contributed by atoms with Gasteiger partial charge in [-0.15, -0.1) is 0 Å². The van der Waals surface area contributed by atoms with E-state index in [1.54, 1.807) is 30.3 Å². The summed E-state index contributed by atoms with van der Waals surface area (Å²) in [6.07, 6.45) is 0. The van der Waals surface area contributed by atoms with Gasteiger partial charge in [0, 0.05) is 6.07 Å². The number of hydrogen-bond donors (Lipinski definition) is 0. The van der Waals surface area contributed by atoms with E-state index in [1.165, 1.54) is 12.1 Å². The Morgan fingerprint density at radius 1 is 1.12 bits per heavy atom. The molecule has 0 amide bonds. The fourth-order valence-electron chi connectivity index (χ4n) is 1.32. The highest BCUT2D eigenvalue weighted by Gasteiger charge is 2.07. The molecular formula is C13H7BrFNO. The van der Waals surface area contributed by atoms with Crippen LogP contribution in [0.5, 0.6) is 11.5 Å². The normalized spacial score (nSPS) is 9.71. The average molecular weight is 292 g/mol. The largest absolute Gasteiger partial charge is 0.455 e. The van der Waals surface area contributed by atoms with Gasteiger partial charge < -0.3 is 4.74 Å². The standard InChI is InChI=1S/C13H7BrFNO/c14-11-6-5-10(15)7-13(11)17-12-4-2-1-3-9(12)8-16/h1-7H. The molecule has 0 aromatic heterocycles. The Kier molecular flexibility index (Phi) is 3.40. The van der Waals surface area contributed by atoms with Gasteiger partial charge in [0.25, 0.3) is 0 Å². The molecule has 4 heteroatoms. The van der Waals surface area contributed by atoms with Gasteiger partial charge in [-0.3, -0.25) is 0 Å². The van der Waals surface area contributed by atoms with Crippen molar-refractivity contribution in [2.24, 2.45) is 0 Å². The molecule has 2 rings (SSSR count). The molecule has 0 N–H and O–H groups in total. The number of nitrogens with zero attached hydrogens (tertiary/aromatic N) is 1. The van der Waals surface area contributed by atoms with Gasteiger partial charge in [-0.2, -0.15) is 5.26 Å². The monoisotopic (exact) mass is 291 g/mol. The highest BCUT2D eigenvalue weighted by Crippen LogP contribution is 2.31. The highest BCUT2D eigenvalue weighted by atomic mass is 79.9. The first-order chi connectivity index (χ1) is 8.20. The van der Waals surface area contributed by atoms with Gasteiger partial charge in [0.1, 0.15) is 23.4 Å². The van der Waals surface area contributed by atoms with E-state index in [4.69, 9.17) is 10.00 Å². The number of halogens is 2. The molecule has 0 fully saturated rings. The summed E-state index contributed by atoms with van der Waals surface area (Å²) >= 11 is 3.26. The number of rotatable bonds is 2. The van der Waals surface area contributed by atoms with Gasteiger partial charge in [0.2, 0.25) is 0 Å². The predicted molar refractivity (Wildman–Crippen MR) is 65.3 cm³/mol. The van der Waals surface area contributed by atoms with E-state index in [0.29, 0.717) is 21.5 Å². The van der Waals surface area contributed by atoms with Crippen LogP contribution in [0.2, 0.25) is 0 Å². The van der Waals surface area contributed by atoms with Crippen molar-refractivity contribution >= 4 is 15.9 Å². The third-order valence-corrected chi connectivity index (χ3v) is 2.78. The first-order valence-corrected chi connectivity index (χ1v) is 5.62. The summed E-state index contributed by atoms with van der Waals surface area (Å²) in [6.45, 7) is 0. The van der Waals surface area contributed by atoms with E-state index in [2.05, 4.69) is 15.9 Å². The van der Waals surface area contributed by atoms with Gasteiger partial charge in [0.15, 0.2) is 0 Å². The van der Waals surface area contributed by atoms with Crippen LogP contribution in [-0.2, 0) is 0 Å². The molecule has 0 atom stereocenters. The summed E-state index contributed by atoms with van der Waals surface area (Å²) in [7, 11) is 0. The van der Waals surface area contributed by atoms with E-state index >= 15 is 0 Å². The minimum absolute atomic E-state index is 0.340. The Hall–Kier alpha value is -1.86. The molecule has 84 valence electrons. The molecule has 2 nitrogen and oxygen atoms in total. The van der Waals surface area contributed by atoms with Crippen LogP contribution in [0.4, 0.5) is 4.39 Å². The summed E-state index contributed by atoms with van der Waals surface area (Å²) < 4.78 is 19.2. The number of hydrogen-bond acceptors (Lipinski definition) is 2. The lowest BCUT2D eigenvalue weighted by atomic mass is 10.2. The molecule has 0 aliphatic heterocycles. The van der Waals surface area contributed by atoms with Crippen LogP contribution in [0.25, 0.3) is 0 Å². The van der Waals surface area contributed by atoms with E-state index in [-0.39, 0.29) is 0 Å². The predicted octanol–water partition coefficient (Wildman–Crippen LogP) is 4.25. The Labute approximate surface area is 106 Å². The van der Waals surface area contributed by atoms with Gasteiger partial charge in [0.05, 0.1) is 10.0 Å². The maximum atomic E-state index is 13.1. The zero-order chi connectivity index (χ0) is 12.3. The Bertz CT molecular complexity index is 592. The van der Waals surface area contributed by atoms with E-state index < -0.39 is 5.82 Å². The molecule has 0 saturated carbocycles. The number of nitriles is 1. The summed E-state index contributed by atoms with van der Waals surface area (Å²) in [6, 6.07) is 13.0. The second-order valence-electron chi connectivity index (χ2n) is 3.28. The Balaban J connectivity index is 2.38. The van der Waals surface area contributed by atoms with Gasteiger partial charge in [-0.05, 0) is 40.2 Å². The summed E-state index contributed by atoms with van der Waals surface area (Å²) in [5, 5.41) is 8.90. The third kappa shape index (κ3) is 2.63. The number of para-hydroxylation sites is 1. The SMILES string of the molecule is N#Cc1ccccc1Oc1cc(F)ccc1Br. The molecule has 0 aliphatic carbocycles. The van der Waals surface area contributed by atoms with E-state index in [9.17, 15) is 4.39 Å². The van der Waals surface area contributed by atoms with Crippen LogP contribution in [0, 0.1) is 17.1 Å². The zero-order valence-electron chi connectivity index (χ0n) is 8.65. The highest BCUT2D eigenvalue weighted by molar-refractivity contribution is 9.10. The smallest absolute Gasteiger partial charge is 0.145 e. The van der Waals surface area contributed by atoms with Crippen molar-refractivity contribution in [3.8, 4) is 17.6 Å². The van der Waals surface area contributed by atoms with Gasteiger partial charge in [-0.1, -0.05) is 12.1 Å². The minimum atomic E-state index is -0.391. The summed E-state index contributed by atoms with van der Waals surface area (Å²) in [5.74, 6) is 0.353. The van der Waals surface area contributed by atoms with Crippen LogP contribution >= 0.6 is 15.9 Å². The quantitative estimate of drug-likeness (QED) is 0.828. The topological polar surface area (TPSA) is 33.0 Å². The maximum absolute atomic E-state index is 13.1. The molecule has 0 aliphatic rings. The number of benzene rings is 2. The van der Waals surface area contributed by atoms with E-state index in [0.717, 1.165) is 0 Å². The van der Waals surface area contributed by atoms with Crippen LogP contribution in [0.3, 0.4) is 0 Å². The molecule has 17 heavy (non-hydrogen) atoms. The molecule has 0 spiro atoms. The summed E-state index contributed by atoms with van der Waals surface area (Å²) in [4.78, 5) is 0. The lowest BCUT2D eigenvalue weighted by molar-refractivity contribution is 0.472. The fraction of sp³-hybridized carbons (Fsp3) is 0. The van der Waals surface area contributed by atoms with Crippen LogP contribution < -0.4 is 4.74 Å². The first-order valence-electron chi connectivity index (χ1n) is 4.83. The fourth-order valence-corrected chi connectivity index (χ4v) is 1.65. The van der Waals surface area contributed by atoms with Crippen molar-refractivity contribution in [2.45, 2.75) is 0 Å².